The molecule has 0 heterocycles. The van der Waals surface area contributed by atoms with Gasteiger partial charge in [0.25, 0.3) is 0 Å². The van der Waals surface area contributed by atoms with Gasteiger partial charge in [-0.1, -0.05) is 71.7 Å². The first-order valence-corrected chi connectivity index (χ1v) is 17.3. The topological polar surface area (TPSA) is 158 Å². The van der Waals surface area contributed by atoms with Gasteiger partial charge < -0.3 is 29.9 Å². The van der Waals surface area contributed by atoms with E-state index in [1.165, 1.54) is 19.4 Å². The van der Waals surface area contributed by atoms with E-state index in [-0.39, 0.29) is 19.2 Å². The predicted molar refractivity (Wildman–Crippen MR) is 195 cm³/mol. The molecular formula is C39H42Cl2N2O8. The standard InChI is InChI=1S/C39H42Cl2N2O8/c1-23-26(20-50-34-13-10-24(16-31(34)40)18-42-38(2,21-44)36(46)47)6-4-7-27(23)28-8-5-9-30-29(28)12-15-33(30)51-35-14-11-25(17-32(35)41)19-43-39(3,22-45)37(48)49/h4-11,13-14,16-17,33,42-45H,12,15,18-22H2,1-3H3,(H,46,47)(H,48,49)/t33?,38-,39-/m0/s1. The van der Waals surface area contributed by atoms with E-state index in [0.717, 1.165) is 51.8 Å². The number of hydrogen-bond acceptors (Lipinski definition) is 8. The summed E-state index contributed by atoms with van der Waals surface area (Å²) in [4.78, 5) is 23.0. The first-order valence-electron chi connectivity index (χ1n) is 16.5. The number of carboxylic acid groups (broad SMARTS) is 2. The average molecular weight is 738 g/mol. The molecule has 1 aliphatic carbocycles. The molecule has 270 valence electrons. The summed E-state index contributed by atoms with van der Waals surface area (Å²) in [7, 11) is 0. The molecule has 3 atom stereocenters. The second kappa shape index (κ2) is 16.0. The lowest BCUT2D eigenvalue weighted by atomic mass is 9.91. The van der Waals surface area contributed by atoms with Crippen LogP contribution in [0, 0.1) is 6.92 Å². The van der Waals surface area contributed by atoms with Crippen molar-refractivity contribution < 1.29 is 39.5 Å². The van der Waals surface area contributed by atoms with Gasteiger partial charge in [-0.05, 0) is 102 Å². The Morgan fingerprint density at radius 1 is 0.804 bits per heavy atom. The molecule has 5 rings (SSSR count). The van der Waals surface area contributed by atoms with Crippen LogP contribution in [-0.2, 0) is 35.7 Å². The summed E-state index contributed by atoms with van der Waals surface area (Å²) in [5, 5.41) is 44.3. The second-order valence-corrected chi connectivity index (χ2v) is 14.0. The van der Waals surface area contributed by atoms with Crippen LogP contribution in [0.4, 0.5) is 0 Å². The fraction of sp³-hybridized carbons (Fsp3) is 0.333. The van der Waals surface area contributed by atoms with Crippen molar-refractivity contribution >= 4 is 35.1 Å². The van der Waals surface area contributed by atoms with Crippen LogP contribution in [-0.4, -0.2) is 56.7 Å². The van der Waals surface area contributed by atoms with Gasteiger partial charge in [0.05, 0.1) is 23.3 Å². The van der Waals surface area contributed by atoms with Crippen molar-refractivity contribution in [3.05, 3.63) is 116 Å². The van der Waals surface area contributed by atoms with Crippen molar-refractivity contribution in [2.75, 3.05) is 13.2 Å². The molecule has 4 aromatic carbocycles. The molecule has 0 saturated heterocycles. The number of hydrogen-bond donors (Lipinski definition) is 6. The summed E-state index contributed by atoms with van der Waals surface area (Å²) < 4.78 is 12.6. The fourth-order valence-electron chi connectivity index (χ4n) is 5.95. The fourth-order valence-corrected chi connectivity index (χ4v) is 6.45. The van der Waals surface area contributed by atoms with Crippen molar-refractivity contribution in [3.63, 3.8) is 0 Å². The van der Waals surface area contributed by atoms with Gasteiger partial charge in [0.15, 0.2) is 0 Å². The highest BCUT2D eigenvalue weighted by Gasteiger charge is 2.33. The Hall–Kier alpha value is -4.16. The molecule has 0 saturated carbocycles. The number of aliphatic hydroxyl groups excluding tert-OH is 2. The lowest BCUT2D eigenvalue weighted by molar-refractivity contribution is -0.146. The Kier molecular flexibility index (Phi) is 12.0. The third-order valence-electron chi connectivity index (χ3n) is 9.54. The Morgan fingerprint density at radius 2 is 1.35 bits per heavy atom. The summed E-state index contributed by atoms with van der Waals surface area (Å²) in [6.07, 6.45) is 1.41. The smallest absolute Gasteiger partial charge is 0.326 e. The van der Waals surface area contributed by atoms with Crippen LogP contribution >= 0.6 is 23.2 Å². The first kappa shape index (κ1) is 38.1. The van der Waals surface area contributed by atoms with Crippen molar-refractivity contribution in [3.8, 4) is 22.6 Å². The number of carboxylic acids is 2. The summed E-state index contributed by atoms with van der Waals surface area (Å²) in [6, 6.07) is 23.0. The number of aliphatic carboxylic acids is 2. The van der Waals surface area contributed by atoms with E-state index >= 15 is 0 Å². The van der Waals surface area contributed by atoms with Gasteiger partial charge in [-0.25, -0.2) is 0 Å². The van der Waals surface area contributed by atoms with Gasteiger partial charge >= 0.3 is 11.9 Å². The number of benzene rings is 4. The lowest BCUT2D eigenvalue weighted by Crippen LogP contribution is -2.52. The summed E-state index contributed by atoms with van der Waals surface area (Å²) in [5.74, 6) is -1.25. The normalized spacial score (nSPS) is 16.2. The van der Waals surface area contributed by atoms with Crippen LogP contribution in [0.15, 0.2) is 72.8 Å². The molecule has 1 aliphatic rings. The average Bonchev–Trinajstić information content (AvgIpc) is 3.53. The number of carbonyl (C=O) groups is 2. The van der Waals surface area contributed by atoms with E-state index in [0.29, 0.717) is 28.2 Å². The Morgan fingerprint density at radius 3 is 1.90 bits per heavy atom. The monoisotopic (exact) mass is 736 g/mol. The maximum Gasteiger partial charge on any atom is 0.326 e. The summed E-state index contributed by atoms with van der Waals surface area (Å²) in [5.41, 5.74) is 5.20. The molecule has 6 N–H and O–H groups in total. The minimum absolute atomic E-state index is 0.195. The molecule has 1 unspecified atom stereocenters. The third-order valence-corrected chi connectivity index (χ3v) is 10.1. The van der Waals surface area contributed by atoms with Gasteiger partial charge in [0.2, 0.25) is 0 Å². The zero-order valence-electron chi connectivity index (χ0n) is 28.6. The molecule has 0 fully saturated rings. The summed E-state index contributed by atoms with van der Waals surface area (Å²) in [6.45, 7) is 4.52. The molecular weight excluding hydrogens is 695 g/mol. The Labute approximate surface area is 307 Å². The van der Waals surface area contributed by atoms with Gasteiger partial charge in [-0.3, -0.25) is 20.2 Å². The van der Waals surface area contributed by atoms with Crippen molar-refractivity contribution in [1.82, 2.24) is 10.6 Å². The number of aliphatic hydroxyl groups is 2. The molecule has 0 aliphatic heterocycles. The zero-order valence-corrected chi connectivity index (χ0v) is 30.1. The van der Waals surface area contributed by atoms with Crippen LogP contribution in [0.5, 0.6) is 11.5 Å². The minimum atomic E-state index is -1.46. The number of nitrogens with one attached hydrogen (secondary N) is 2. The molecule has 0 radical (unpaired) electrons. The van der Waals surface area contributed by atoms with Gasteiger partial charge in [-0.2, -0.15) is 0 Å². The largest absolute Gasteiger partial charge is 0.487 e. The molecule has 0 spiro atoms. The van der Waals surface area contributed by atoms with Crippen molar-refractivity contribution in [2.24, 2.45) is 0 Å². The quantitative estimate of drug-likeness (QED) is 0.0754. The van der Waals surface area contributed by atoms with Gasteiger partial charge in [-0.15, -0.1) is 0 Å². The molecule has 51 heavy (non-hydrogen) atoms. The van der Waals surface area contributed by atoms with Crippen molar-refractivity contribution in [1.29, 1.82) is 0 Å². The molecule has 4 aromatic rings. The predicted octanol–water partition coefficient (Wildman–Crippen LogP) is 6.46. The molecule has 12 heteroatoms. The molecule has 0 aromatic heterocycles. The zero-order chi connectivity index (χ0) is 36.9. The Bertz CT molecular complexity index is 1920. The van der Waals surface area contributed by atoms with E-state index < -0.39 is 36.2 Å². The number of halogens is 2. The van der Waals surface area contributed by atoms with E-state index in [1.807, 2.05) is 24.3 Å². The maximum atomic E-state index is 11.5. The van der Waals surface area contributed by atoms with E-state index in [1.54, 1.807) is 30.3 Å². The number of ether oxygens (including phenoxy) is 2. The highest BCUT2D eigenvalue weighted by molar-refractivity contribution is 6.32. The van der Waals surface area contributed by atoms with Gasteiger partial charge in [0, 0.05) is 13.1 Å². The number of fused-ring (bicyclic) bond motifs is 1. The highest BCUT2D eigenvalue weighted by atomic mass is 35.5. The summed E-state index contributed by atoms with van der Waals surface area (Å²) >= 11 is 13.2. The van der Waals surface area contributed by atoms with E-state index in [2.05, 4.69) is 35.8 Å². The van der Waals surface area contributed by atoms with E-state index in [9.17, 15) is 30.0 Å². The minimum Gasteiger partial charge on any atom is -0.487 e. The Balaban J connectivity index is 1.27. The molecule has 0 amide bonds. The van der Waals surface area contributed by atoms with Crippen LogP contribution < -0.4 is 20.1 Å². The van der Waals surface area contributed by atoms with Crippen LogP contribution in [0.3, 0.4) is 0 Å². The molecule has 0 bridgehead atoms. The third kappa shape index (κ3) is 8.49. The second-order valence-electron chi connectivity index (χ2n) is 13.2. The number of rotatable bonds is 16. The van der Waals surface area contributed by atoms with Crippen LogP contribution in [0.25, 0.3) is 11.1 Å². The van der Waals surface area contributed by atoms with Crippen LogP contribution in [0.2, 0.25) is 10.0 Å². The SMILES string of the molecule is Cc1c(COc2ccc(CN[C@@](C)(CO)C(=O)O)cc2Cl)cccc1-c1cccc2c1CCC2Oc1ccc(CN[C@@](C)(CO)C(=O)O)cc1Cl. The lowest BCUT2D eigenvalue weighted by Gasteiger charge is -2.24. The van der Waals surface area contributed by atoms with E-state index in [4.69, 9.17) is 32.7 Å². The van der Waals surface area contributed by atoms with Crippen molar-refractivity contribution in [2.45, 2.75) is 70.5 Å². The van der Waals surface area contributed by atoms with Crippen LogP contribution in [0.1, 0.15) is 59.8 Å². The maximum absolute atomic E-state index is 11.5. The first-order chi connectivity index (χ1) is 24.3. The van der Waals surface area contributed by atoms with Gasteiger partial charge in [0.1, 0.15) is 35.3 Å². The molecule has 10 nitrogen and oxygen atoms in total. The highest BCUT2D eigenvalue weighted by Crippen LogP contribution is 2.42.